The van der Waals surface area contributed by atoms with E-state index in [-0.39, 0.29) is 0 Å². The van der Waals surface area contributed by atoms with Crippen molar-refractivity contribution in [3.63, 3.8) is 0 Å². The van der Waals surface area contributed by atoms with Crippen LogP contribution in [0.25, 0.3) is 0 Å². The van der Waals surface area contributed by atoms with Crippen molar-refractivity contribution in [3.05, 3.63) is 35.9 Å². The van der Waals surface area contributed by atoms with Gasteiger partial charge in [-0.25, -0.2) is 0 Å². The Kier molecular flexibility index (Phi) is 5.02. The first-order valence-corrected chi connectivity index (χ1v) is 6.88. The van der Waals surface area contributed by atoms with Crippen molar-refractivity contribution in [1.29, 1.82) is 0 Å². The third kappa shape index (κ3) is 4.14. The van der Waals surface area contributed by atoms with Crippen LogP contribution >= 0.6 is 0 Å². The van der Waals surface area contributed by atoms with E-state index in [0.717, 1.165) is 13.1 Å². The van der Waals surface area contributed by atoms with E-state index < -0.39 is 0 Å². The molecule has 1 atom stereocenters. The smallest absolute Gasteiger partial charge is 0.0234 e. The SMILES string of the molecule is CCCN[C@H]1CCCN(Cc2ccccc2)C1. The summed E-state index contributed by atoms with van der Waals surface area (Å²) < 4.78 is 0. The normalized spacial score (nSPS) is 21.6. The van der Waals surface area contributed by atoms with Gasteiger partial charge in [0.05, 0.1) is 0 Å². The first-order chi connectivity index (χ1) is 8.38. The number of piperidine rings is 1. The molecule has 0 unspecified atom stereocenters. The predicted molar refractivity (Wildman–Crippen MR) is 73.0 cm³/mol. The molecule has 2 nitrogen and oxygen atoms in total. The Morgan fingerprint density at radius 3 is 2.88 bits per heavy atom. The van der Waals surface area contributed by atoms with Crippen LogP contribution in [0.4, 0.5) is 0 Å². The van der Waals surface area contributed by atoms with Gasteiger partial charge in [0.2, 0.25) is 0 Å². The second-order valence-electron chi connectivity index (χ2n) is 5.01. The molecule has 0 amide bonds. The molecular formula is C15H24N2. The highest BCUT2D eigenvalue weighted by Gasteiger charge is 2.18. The average Bonchev–Trinajstić information content (AvgIpc) is 2.38. The molecule has 0 aliphatic carbocycles. The highest BCUT2D eigenvalue weighted by Crippen LogP contribution is 2.13. The minimum Gasteiger partial charge on any atom is -0.313 e. The van der Waals surface area contributed by atoms with E-state index in [1.165, 1.54) is 37.9 Å². The zero-order valence-corrected chi connectivity index (χ0v) is 10.9. The summed E-state index contributed by atoms with van der Waals surface area (Å²) in [4.78, 5) is 2.58. The van der Waals surface area contributed by atoms with Crippen LogP contribution in [0.5, 0.6) is 0 Å². The summed E-state index contributed by atoms with van der Waals surface area (Å²) >= 11 is 0. The predicted octanol–water partition coefficient (Wildman–Crippen LogP) is 2.65. The maximum atomic E-state index is 3.65. The van der Waals surface area contributed by atoms with E-state index >= 15 is 0 Å². The zero-order valence-electron chi connectivity index (χ0n) is 10.9. The number of nitrogens with one attached hydrogen (secondary N) is 1. The minimum absolute atomic E-state index is 0.701. The van der Waals surface area contributed by atoms with Crippen LogP contribution in [-0.2, 0) is 6.54 Å². The van der Waals surface area contributed by atoms with E-state index in [1.807, 2.05) is 0 Å². The van der Waals surface area contributed by atoms with E-state index in [4.69, 9.17) is 0 Å². The van der Waals surface area contributed by atoms with Crippen molar-refractivity contribution >= 4 is 0 Å². The average molecular weight is 232 g/mol. The summed E-state index contributed by atoms with van der Waals surface area (Å²) in [5, 5.41) is 3.65. The molecule has 0 saturated carbocycles. The van der Waals surface area contributed by atoms with E-state index in [0.29, 0.717) is 6.04 Å². The van der Waals surface area contributed by atoms with Crippen molar-refractivity contribution in [2.45, 2.75) is 38.8 Å². The Bertz CT molecular complexity index is 310. The summed E-state index contributed by atoms with van der Waals surface area (Å²) in [5.41, 5.74) is 1.43. The quantitative estimate of drug-likeness (QED) is 0.839. The van der Waals surface area contributed by atoms with Gasteiger partial charge in [-0.1, -0.05) is 37.3 Å². The van der Waals surface area contributed by atoms with Gasteiger partial charge in [-0.3, -0.25) is 4.90 Å². The molecule has 0 aromatic heterocycles. The third-order valence-electron chi connectivity index (χ3n) is 3.44. The molecule has 2 heteroatoms. The molecular weight excluding hydrogens is 208 g/mol. The Balaban J connectivity index is 1.81. The van der Waals surface area contributed by atoms with Crippen molar-refractivity contribution < 1.29 is 0 Å². The highest BCUT2D eigenvalue weighted by atomic mass is 15.2. The van der Waals surface area contributed by atoms with Crippen LogP contribution < -0.4 is 5.32 Å². The number of hydrogen-bond donors (Lipinski definition) is 1. The van der Waals surface area contributed by atoms with Gasteiger partial charge in [0.15, 0.2) is 0 Å². The standard InChI is InChI=1S/C15H24N2/c1-2-10-16-15-9-6-11-17(13-15)12-14-7-4-3-5-8-14/h3-5,7-8,15-16H,2,6,9-13H2,1H3/t15-/m0/s1. The fourth-order valence-electron chi connectivity index (χ4n) is 2.56. The monoisotopic (exact) mass is 232 g/mol. The van der Waals surface area contributed by atoms with Gasteiger partial charge in [-0.05, 0) is 37.9 Å². The van der Waals surface area contributed by atoms with Crippen molar-refractivity contribution in [2.75, 3.05) is 19.6 Å². The van der Waals surface area contributed by atoms with Crippen LogP contribution in [-0.4, -0.2) is 30.6 Å². The Morgan fingerprint density at radius 1 is 1.29 bits per heavy atom. The maximum Gasteiger partial charge on any atom is 0.0234 e. The summed E-state index contributed by atoms with van der Waals surface area (Å²) in [5.74, 6) is 0. The molecule has 1 aromatic carbocycles. The summed E-state index contributed by atoms with van der Waals surface area (Å²) in [6.45, 7) is 6.95. The third-order valence-corrected chi connectivity index (χ3v) is 3.44. The lowest BCUT2D eigenvalue weighted by Gasteiger charge is -2.33. The van der Waals surface area contributed by atoms with Gasteiger partial charge in [-0.2, -0.15) is 0 Å². The van der Waals surface area contributed by atoms with Gasteiger partial charge < -0.3 is 5.32 Å². The van der Waals surface area contributed by atoms with Crippen molar-refractivity contribution in [1.82, 2.24) is 10.2 Å². The Labute approximate surface area is 105 Å². The lowest BCUT2D eigenvalue weighted by molar-refractivity contribution is 0.183. The number of benzene rings is 1. The van der Waals surface area contributed by atoms with Crippen molar-refractivity contribution in [3.8, 4) is 0 Å². The summed E-state index contributed by atoms with van der Waals surface area (Å²) in [6.07, 6.45) is 3.90. The molecule has 1 aromatic rings. The second kappa shape index (κ2) is 6.77. The van der Waals surface area contributed by atoms with Crippen LogP contribution in [0, 0.1) is 0 Å². The summed E-state index contributed by atoms with van der Waals surface area (Å²) in [7, 11) is 0. The fourth-order valence-corrected chi connectivity index (χ4v) is 2.56. The number of rotatable bonds is 5. The second-order valence-corrected chi connectivity index (χ2v) is 5.01. The van der Waals surface area contributed by atoms with E-state index in [2.05, 4.69) is 47.5 Å². The number of likely N-dealkylation sites (tertiary alicyclic amines) is 1. The largest absolute Gasteiger partial charge is 0.313 e. The Morgan fingerprint density at radius 2 is 2.12 bits per heavy atom. The van der Waals surface area contributed by atoms with Crippen LogP contribution in [0.2, 0.25) is 0 Å². The van der Waals surface area contributed by atoms with E-state index in [1.54, 1.807) is 0 Å². The molecule has 1 saturated heterocycles. The maximum absolute atomic E-state index is 3.65. The molecule has 17 heavy (non-hydrogen) atoms. The zero-order chi connectivity index (χ0) is 11.9. The van der Waals surface area contributed by atoms with Crippen LogP contribution in [0.1, 0.15) is 31.7 Å². The molecule has 0 bridgehead atoms. The topological polar surface area (TPSA) is 15.3 Å². The lowest BCUT2D eigenvalue weighted by Crippen LogP contribution is -2.45. The first kappa shape index (κ1) is 12.6. The molecule has 1 aliphatic rings. The van der Waals surface area contributed by atoms with Crippen LogP contribution in [0.3, 0.4) is 0 Å². The molecule has 1 aliphatic heterocycles. The number of nitrogens with zero attached hydrogens (tertiary/aromatic N) is 1. The van der Waals surface area contributed by atoms with Gasteiger partial charge in [-0.15, -0.1) is 0 Å². The Hall–Kier alpha value is -0.860. The molecule has 1 heterocycles. The fraction of sp³-hybridized carbons (Fsp3) is 0.600. The number of hydrogen-bond acceptors (Lipinski definition) is 2. The van der Waals surface area contributed by atoms with E-state index in [9.17, 15) is 0 Å². The molecule has 0 radical (unpaired) electrons. The van der Waals surface area contributed by atoms with Gasteiger partial charge >= 0.3 is 0 Å². The highest BCUT2D eigenvalue weighted by molar-refractivity contribution is 5.14. The first-order valence-electron chi connectivity index (χ1n) is 6.88. The molecule has 1 fully saturated rings. The van der Waals surface area contributed by atoms with Crippen LogP contribution in [0.15, 0.2) is 30.3 Å². The van der Waals surface area contributed by atoms with Gasteiger partial charge in [0.25, 0.3) is 0 Å². The summed E-state index contributed by atoms with van der Waals surface area (Å²) in [6, 6.07) is 11.5. The molecule has 0 spiro atoms. The van der Waals surface area contributed by atoms with Gasteiger partial charge in [0.1, 0.15) is 0 Å². The van der Waals surface area contributed by atoms with Gasteiger partial charge in [0, 0.05) is 19.1 Å². The molecule has 1 N–H and O–H groups in total. The molecule has 94 valence electrons. The minimum atomic E-state index is 0.701. The van der Waals surface area contributed by atoms with Crippen molar-refractivity contribution in [2.24, 2.45) is 0 Å². The lowest BCUT2D eigenvalue weighted by atomic mass is 10.0. The molecule has 2 rings (SSSR count).